The van der Waals surface area contributed by atoms with Gasteiger partial charge in [0.25, 0.3) is 0 Å². The maximum atomic E-state index is 14.2. The third-order valence-corrected chi connectivity index (χ3v) is 3.98. The Morgan fingerprint density at radius 2 is 2.37 bits per heavy atom. The van der Waals surface area contributed by atoms with E-state index in [0.29, 0.717) is 12.2 Å². The van der Waals surface area contributed by atoms with E-state index < -0.39 is 11.8 Å². The summed E-state index contributed by atoms with van der Waals surface area (Å²) >= 11 is 3.00. The molecule has 1 aliphatic rings. The number of nitrogens with zero attached hydrogens (tertiary/aromatic N) is 1. The predicted molar refractivity (Wildman–Crippen MR) is 73.3 cm³/mol. The molecule has 1 fully saturated rings. The summed E-state index contributed by atoms with van der Waals surface area (Å²) in [6, 6.07) is 2.88. The van der Waals surface area contributed by atoms with Gasteiger partial charge in [-0.2, -0.15) is 0 Å². The Morgan fingerprint density at radius 3 is 2.95 bits per heavy atom. The molecule has 1 aromatic carbocycles. The van der Waals surface area contributed by atoms with Gasteiger partial charge in [-0.3, -0.25) is 0 Å². The molecule has 1 aromatic rings. The van der Waals surface area contributed by atoms with Crippen LogP contribution in [0, 0.1) is 5.82 Å². The smallest absolute Gasteiger partial charge is 0.336 e. The van der Waals surface area contributed by atoms with Crippen molar-refractivity contribution in [2.45, 2.75) is 18.9 Å². The van der Waals surface area contributed by atoms with E-state index in [2.05, 4.69) is 15.9 Å². The van der Waals surface area contributed by atoms with Crippen LogP contribution >= 0.6 is 15.9 Å². The van der Waals surface area contributed by atoms with Gasteiger partial charge in [0, 0.05) is 20.2 Å². The summed E-state index contributed by atoms with van der Waals surface area (Å²) in [6.45, 7) is 1.35. The van der Waals surface area contributed by atoms with Crippen LogP contribution in [0.4, 0.5) is 10.1 Å². The number of carbonyl (C=O) groups is 1. The van der Waals surface area contributed by atoms with E-state index in [1.807, 2.05) is 0 Å². The second-order valence-electron chi connectivity index (χ2n) is 4.58. The van der Waals surface area contributed by atoms with Gasteiger partial charge in [-0.15, -0.1) is 0 Å². The number of carboxylic acid groups (broad SMARTS) is 1. The lowest BCUT2D eigenvalue weighted by molar-refractivity contribution is 0.0695. The molecule has 0 saturated carbocycles. The van der Waals surface area contributed by atoms with Gasteiger partial charge < -0.3 is 14.7 Å². The quantitative estimate of drug-likeness (QED) is 0.921. The Balaban J connectivity index is 2.19. The van der Waals surface area contributed by atoms with Gasteiger partial charge in [-0.25, -0.2) is 9.18 Å². The van der Waals surface area contributed by atoms with Crippen LogP contribution in [0.25, 0.3) is 0 Å². The van der Waals surface area contributed by atoms with Crippen molar-refractivity contribution in [3.8, 4) is 0 Å². The van der Waals surface area contributed by atoms with Crippen LogP contribution in [0.2, 0.25) is 0 Å². The normalized spacial score (nSPS) is 18.6. The Hall–Kier alpha value is -1.14. The van der Waals surface area contributed by atoms with Gasteiger partial charge in [-0.05, 0) is 40.9 Å². The maximum absolute atomic E-state index is 14.2. The zero-order valence-electron chi connectivity index (χ0n) is 10.5. The highest BCUT2D eigenvalue weighted by molar-refractivity contribution is 9.10. The molecule has 1 unspecified atom stereocenters. The lowest BCUT2D eigenvalue weighted by atomic mass is 10.1. The summed E-state index contributed by atoms with van der Waals surface area (Å²) in [7, 11) is 1.77. The van der Waals surface area contributed by atoms with Gasteiger partial charge in [0.05, 0.1) is 21.8 Å². The van der Waals surface area contributed by atoms with Gasteiger partial charge in [0.15, 0.2) is 5.82 Å². The highest BCUT2D eigenvalue weighted by atomic mass is 79.9. The standard InChI is InChI=1S/C13H15BrFNO3/c1-16(7-8-3-2-6-19-8)10-5-4-9(13(17)18)11(14)12(10)15/h4-5,8H,2-3,6-7H2,1H3,(H,17,18). The molecule has 2 rings (SSSR count). The van der Waals surface area contributed by atoms with Crippen molar-refractivity contribution in [3.63, 3.8) is 0 Å². The Morgan fingerprint density at radius 1 is 1.63 bits per heavy atom. The number of anilines is 1. The van der Waals surface area contributed by atoms with Crippen LogP contribution in [-0.4, -0.2) is 37.4 Å². The summed E-state index contributed by atoms with van der Waals surface area (Å²) < 4.78 is 19.6. The number of hydrogen-bond acceptors (Lipinski definition) is 3. The molecule has 6 heteroatoms. The van der Waals surface area contributed by atoms with Gasteiger partial charge in [0.1, 0.15) is 0 Å². The Bertz CT molecular complexity index is 489. The highest BCUT2D eigenvalue weighted by Crippen LogP contribution is 2.29. The minimum absolute atomic E-state index is 0.0170. The minimum Gasteiger partial charge on any atom is -0.478 e. The largest absolute Gasteiger partial charge is 0.478 e. The van der Waals surface area contributed by atoms with Crippen molar-refractivity contribution in [1.29, 1.82) is 0 Å². The van der Waals surface area contributed by atoms with E-state index in [1.54, 1.807) is 11.9 Å². The molecular weight excluding hydrogens is 317 g/mol. The second kappa shape index (κ2) is 5.88. The first-order chi connectivity index (χ1) is 9.00. The van der Waals surface area contributed by atoms with E-state index in [0.717, 1.165) is 19.4 Å². The first-order valence-corrected chi connectivity index (χ1v) is 6.84. The highest BCUT2D eigenvalue weighted by Gasteiger charge is 2.21. The summed E-state index contributed by atoms with van der Waals surface area (Å²) in [4.78, 5) is 12.7. The van der Waals surface area contributed by atoms with Gasteiger partial charge in [0.2, 0.25) is 0 Å². The molecule has 1 heterocycles. The zero-order valence-corrected chi connectivity index (χ0v) is 12.1. The van der Waals surface area contributed by atoms with Crippen molar-refractivity contribution in [3.05, 3.63) is 28.0 Å². The Kier molecular flexibility index (Phi) is 4.42. The molecular formula is C13H15BrFNO3. The lowest BCUT2D eigenvalue weighted by Crippen LogP contribution is -2.29. The van der Waals surface area contributed by atoms with Crippen molar-refractivity contribution >= 4 is 27.6 Å². The first-order valence-electron chi connectivity index (χ1n) is 6.04. The number of hydrogen-bond donors (Lipinski definition) is 1. The third kappa shape index (κ3) is 3.06. The fourth-order valence-corrected chi connectivity index (χ4v) is 2.70. The number of rotatable bonds is 4. The predicted octanol–water partition coefficient (Wildman–Crippen LogP) is 2.90. The molecule has 1 atom stereocenters. The topological polar surface area (TPSA) is 49.8 Å². The average Bonchev–Trinajstić information content (AvgIpc) is 2.84. The van der Waals surface area contributed by atoms with Crippen LogP contribution in [0.3, 0.4) is 0 Å². The molecule has 1 N–H and O–H groups in total. The number of likely N-dealkylation sites (N-methyl/N-ethyl adjacent to an activating group) is 1. The van der Waals surface area contributed by atoms with Crippen LogP contribution in [0.15, 0.2) is 16.6 Å². The van der Waals surface area contributed by atoms with E-state index in [4.69, 9.17) is 9.84 Å². The minimum atomic E-state index is -1.15. The maximum Gasteiger partial charge on any atom is 0.336 e. The molecule has 1 saturated heterocycles. The molecule has 0 aliphatic carbocycles. The molecule has 1 aliphatic heterocycles. The fraction of sp³-hybridized carbons (Fsp3) is 0.462. The molecule has 0 spiro atoms. The zero-order chi connectivity index (χ0) is 14.0. The van der Waals surface area contributed by atoms with E-state index >= 15 is 0 Å². The lowest BCUT2D eigenvalue weighted by Gasteiger charge is -2.23. The van der Waals surface area contributed by atoms with E-state index in [-0.39, 0.29) is 16.1 Å². The molecule has 0 amide bonds. The van der Waals surface area contributed by atoms with Gasteiger partial charge >= 0.3 is 5.97 Å². The Labute approximate surface area is 119 Å². The van der Waals surface area contributed by atoms with E-state index in [9.17, 15) is 9.18 Å². The van der Waals surface area contributed by atoms with Gasteiger partial charge in [-0.1, -0.05) is 0 Å². The summed E-state index contributed by atoms with van der Waals surface area (Å²) in [6.07, 6.45) is 2.12. The first kappa shape index (κ1) is 14.3. The molecule has 0 bridgehead atoms. The summed E-state index contributed by atoms with van der Waals surface area (Å²) in [5.74, 6) is -1.71. The molecule has 19 heavy (non-hydrogen) atoms. The van der Waals surface area contributed by atoms with Crippen molar-refractivity contribution in [2.75, 3.05) is 25.1 Å². The number of halogens is 2. The van der Waals surface area contributed by atoms with Crippen molar-refractivity contribution < 1.29 is 19.0 Å². The monoisotopic (exact) mass is 331 g/mol. The number of aromatic carboxylic acids is 1. The van der Waals surface area contributed by atoms with Crippen LogP contribution < -0.4 is 4.90 Å². The van der Waals surface area contributed by atoms with Crippen LogP contribution in [0.5, 0.6) is 0 Å². The molecule has 0 aromatic heterocycles. The average molecular weight is 332 g/mol. The SMILES string of the molecule is CN(CC1CCCO1)c1ccc(C(=O)O)c(Br)c1F. The number of carboxylic acids is 1. The van der Waals surface area contributed by atoms with Crippen molar-refractivity contribution in [1.82, 2.24) is 0 Å². The molecule has 4 nitrogen and oxygen atoms in total. The molecule has 0 radical (unpaired) electrons. The molecule has 104 valence electrons. The van der Waals surface area contributed by atoms with Crippen LogP contribution in [-0.2, 0) is 4.74 Å². The number of benzene rings is 1. The summed E-state index contributed by atoms with van der Waals surface area (Å²) in [5.41, 5.74) is 0.291. The third-order valence-electron chi connectivity index (χ3n) is 3.21. The van der Waals surface area contributed by atoms with Crippen LogP contribution in [0.1, 0.15) is 23.2 Å². The fourth-order valence-electron chi connectivity index (χ4n) is 2.19. The van der Waals surface area contributed by atoms with Crippen molar-refractivity contribution in [2.24, 2.45) is 0 Å². The summed E-state index contributed by atoms with van der Waals surface area (Å²) in [5, 5.41) is 8.92. The van der Waals surface area contributed by atoms with E-state index in [1.165, 1.54) is 12.1 Å². The number of ether oxygens (including phenoxy) is 1. The second-order valence-corrected chi connectivity index (χ2v) is 5.37.